The van der Waals surface area contributed by atoms with Gasteiger partial charge in [0.2, 0.25) is 0 Å². The van der Waals surface area contributed by atoms with Crippen molar-refractivity contribution < 1.29 is 9.53 Å². The summed E-state index contributed by atoms with van der Waals surface area (Å²) in [5, 5.41) is 0. The summed E-state index contributed by atoms with van der Waals surface area (Å²) in [7, 11) is 1.97. The Morgan fingerprint density at radius 3 is 2.47 bits per heavy atom. The molecule has 3 heteroatoms. The predicted octanol–water partition coefficient (Wildman–Crippen LogP) is 2.55. The highest BCUT2D eigenvalue weighted by molar-refractivity contribution is 5.86. The van der Waals surface area contributed by atoms with Gasteiger partial charge in [0.05, 0.1) is 6.54 Å². The number of hydrogen-bond acceptors (Lipinski definition) is 3. The molecule has 1 aromatic carbocycles. The number of aryl methyl sites for hydroxylation is 1. The van der Waals surface area contributed by atoms with Gasteiger partial charge in [0.1, 0.15) is 6.61 Å². The van der Waals surface area contributed by atoms with Gasteiger partial charge in [0.25, 0.3) is 0 Å². The minimum absolute atomic E-state index is 0.331. The lowest BCUT2D eigenvalue weighted by molar-refractivity contribution is -0.138. The molecular formula is C14H19NO2. The SMILES string of the molecule is C=C(C)C(=O)OCCN(C)c1ccc(C)cc1. The third kappa shape index (κ3) is 4.31. The summed E-state index contributed by atoms with van der Waals surface area (Å²) in [5.74, 6) is -0.331. The first-order valence-corrected chi connectivity index (χ1v) is 5.61. The van der Waals surface area contributed by atoms with E-state index in [9.17, 15) is 4.79 Å². The Morgan fingerprint density at radius 2 is 1.94 bits per heavy atom. The molecule has 0 bridgehead atoms. The molecule has 0 N–H and O–H groups in total. The first kappa shape index (κ1) is 13.3. The molecule has 1 aromatic rings. The topological polar surface area (TPSA) is 29.5 Å². The molecule has 0 saturated heterocycles. The lowest BCUT2D eigenvalue weighted by atomic mass is 10.2. The first-order chi connectivity index (χ1) is 8.00. The van der Waals surface area contributed by atoms with Crippen LogP contribution in [-0.2, 0) is 9.53 Å². The average Bonchev–Trinajstić information content (AvgIpc) is 2.29. The lowest BCUT2D eigenvalue weighted by Gasteiger charge is -2.19. The summed E-state index contributed by atoms with van der Waals surface area (Å²) in [6, 6.07) is 8.23. The number of rotatable bonds is 5. The summed E-state index contributed by atoms with van der Waals surface area (Å²) in [4.78, 5) is 13.2. The van der Waals surface area contributed by atoms with Crippen molar-refractivity contribution in [3.05, 3.63) is 42.0 Å². The van der Waals surface area contributed by atoms with Crippen LogP contribution in [0.1, 0.15) is 12.5 Å². The summed E-state index contributed by atoms with van der Waals surface area (Å²) in [5.41, 5.74) is 2.78. The van der Waals surface area contributed by atoms with Gasteiger partial charge in [-0.1, -0.05) is 24.3 Å². The summed E-state index contributed by atoms with van der Waals surface area (Å²) >= 11 is 0. The molecule has 17 heavy (non-hydrogen) atoms. The van der Waals surface area contributed by atoms with Gasteiger partial charge in [-0.25, -0.2) is 4.79 Å². The maximum absolute atomic E-state index is 11.2. The van der Waals surface area contributed by atoms with E-state index in [1.165, 1.54) is 5.56 Å². The Bertz CT molecular complexity index is 395. The van der Waals surface area contributed by atoms with E-state index in [-0.39, 0.29) is 5.97 Å². The first-order valence-electron chi connectivity index (χ1n) is 5.61. The Hall–Kier alpha value is -1.77. The molecule has 0 heterocycles. The standard InChI is InChI=1S/C14H19NO2/c1-11(2)14(16)17-10-9-15(4)13-7-5-12(3)6-8-13/h5-8H,1,9-10H2,2-4H3. The number of benzene rings is 1. The smallest absolute Gasteiger partial charge is 0.333 e. The molecule has 92 valence electrons. The van der Waals surface area contributed by atoms with Crippen molar-refractivity contribution in [1.29, 1.82) is 0 Å². The van der Waals surface area contributed by atoms with Crippen LogP contribution < -0.4 is 4.90 Å². The molecule has 0 spiro atoms. The van der Waals surface area contributed by atoms with Crippen molar-refractivity contribution >= 4 is 11.7 Å². The molecular weight excluding hydrogens is 214 g/mol. The van der Waals surface area contributed by atoms with Gasteiger partial charge in [-0.05, 0) is 26.0 Å². The fourth-order valence-electron chi connectivity index (χ4n) is 1.33. The Morgan fingerprint density at radius 1 is 1.35 bits per heavy atom. The predicted molar refractivity (Wildman–Crippen MR) is 70.2 cm³/mol. The molecule has 0 amide bonds. The van der Waals surface area contributed by atoms with Crippen LogP contribution in [0, 0.1) is 6.92 Å². The Labute approximate surface area is 103 Å². The average molecular weight is 233 g/mol. The largest absolute Gasteiger partial charge is 0.460 e. The van der Waals surface area contributed by atoms with Crippen molar-refractivity contribution in [1.82, 2.24) is 0 Å². The van der Waals surface area contributed by atoms with E-state index in [4.69, 9.17) is 4.74 Å². The van der Waals surface area contributed by atoms with Crippen LogP contribution in [0.2, 0.25) is 0 Å². The normalized spacial score (nSPS) is 9.82. The van der Waals surface area contributed by atoms with Gasteiger partial charge < -0.3 is 9.64 Å². The maximum Gasteiger partial charge on any atom is 0.333 e. The summed E-state index contributed by atoms with van der Waals surface area (Å²) in [6.07, 6.45) is 0. The van der Waals surface area contributed by atoms with Crippen LogP contribution in [0.4, 0.5) is 5.69 Å². The molecule has 0 radical (unpaired) electrons. The fourth-order valence-corrected chi connectivity index (χ4v) is 1.33. The second-order valence-electron chi connectivity index (χ2n) is 4.17. The monoisotopic (exact) mass is 233 g/mol. The molecule has 3 nitrogen and oxygen atoms in total. The van der Waals surface area contributed by atoms with Gasteiger partial charge in [0.15, 0.2) is 0 Å². The van der Waals surface area contributed by atoms with Gasteiger partial charge in [0, 0.05) is 18.3 Å². The number of hydrogen-bond donors (Lipinski definition) is 0. The zero-order chi connectivity index (χ0) is 12.8. The number of likely N-dealkylation sites (N-methyl/N-ethyl adjacent to an activating group) is 1. The van der Waals surface area contributed by atoms with Crippen molar-refractivity contribution in [3.8, 4) is 0 Å². The van der Waals surface area contributed by atoms with Crippen LogP contribution in [0.25, 0.3) is 0 Å². The van der Waals surface area contributed by atoms with E-state index in [2.05, 4.69) is 37.8 Å². The van der Waals surface area contributed by atoms with Crippen LogP contribution >= 0.6 is 0 Å². The van der Waals surface area contributed by atoms with E-state index in [0.717, 1.165) is 5.69 Å². The quantitative estimate of drug-likeness (QED) is 0.578. The molecule has 1 rings (SSSR count). The van der Waals surface area contributed by atoms with E-state index in [1.54, 1.807) is 6.92 Å². The van der Waals surface area contributed by atoms with Gasteiger partial charge in [-0.2, -0.15) is 0 Å². The highest BCUT2D eigenvalue weighted by Gasteiger charge is 2.04. The van der Waals surface area contributed by atoms with Crippen LogP contribution in [0.15, 0.2) is 36.4 Å². The molecule has 0 saturated carbocycles. The van der Waals surface area contributed by atoms with E-state index < -0.39 is 0 Å². The van der Waals surface area contributed by atoms with Crippen molar-refractivity contribution in [2.45, 2.75) is 13.8 Å². The van der Waals surface area contributed by atoms with Gasteiger partial charge >= 0.3 is 5.97 Å². The second kappa shape index (κ2) is 6.09. The summed E-state index contributed by atoms with van der Waals surface area (Å²) < 4.78 is 5.04. The van der Waals surface area contributed by atoms with Crippen LogP contribution in [-0.4, -0.2) is 26.2 Å². The van der Waals surface area contributed by atoms with Gasteiger partial charge in [-0.15, -0.1) is 0 Å². The minimum atomic E-state index is -0.331. The van der Waals surface area contributed by atoms with Crippen LogP contribution in [0.3, 0.4) is 0 Å². The molecule has 0 aliphatic rings. The van der Waals surface area contributed by atoms with Crippen molar-refractivity contribution in [3.63, 3.8) is 0 Å². The third-order valence-electron chi connectivity index (χ3n) is 2.48. The molecule has 0 fully saturated rings. The highest BCUT2D eigenvalue weighted by atomic mass is 16.5. The maximum atomic E-state index is 11.2. The van der Waals surface area contributed by atoms with E-state index >= 15 is 0 Å². The Balaban J connectivity index is 2.40. The molecule has 0 aliphatic heterocycles. The number of nitrogens with zero attached hydrogens (tertiary/aromatic N) is 1. The molecule has 0 unspecified atom stereocenters. The van der Waals surface area contributed by atoms with E-state index in [0.29, 0.717) is 18.7 Å². The highest BCUT2D eigenvalue weighted by Crippen LogP contribution is 2.12. The lowest BCUT2D eigenvalue weighted by Crippen LogP contribution is -2.23. The van der Waals surface area contributed by atoms with Crippen LogP contribution in [0.5, 0.6) is 0 Å². The zero-order valence-electron chi connectivity index (χ0n) is 10.7. The number of esters is 1. The molecule has 0 aliphatic carbocycles. The van der Waals surface area contributed by atoms with Crippen molar-refractivity contribution in [2.24, 2.45) is 0 Å². The molecule has 0 aromatic heterocycles. The second-order valence-corrected chi connectivity index (χ2v) is 4.17. The number of ether oxygens (including phenoxy) is 1. The fraction of sp³-hybridized carbons (Fsp3) is 0.357. The van der Waals surface area contributed by atoms with E-state index in [1.807, 2.05) is 11.9 Å². The third-order valence-corrected chi connectivity index (χ3v) is 2.48. The number of carbonyl (C=O) groups excluding carboxylic acids is 1. The minimum Gasteiger partial charge on any atom is -0.460 e. The molecule has 0 atom stereocenters. The summed E-state index contributed by atoms with van der Waals surface area (Å²) in [6.45, 7) is 8.27. The number of anilines is 1. The van der Waals surface area contributed by atoms with Gasteiger partial charge in [-0.3, -0.25) is 0 Å². The zero-order valence-corrected chi connectivity index (χ0v) is 10.7. The Kier molecular flexibility index (Phi) is 4.76. The number of carbonyl (C=O) groups is 1. The van der Waals surface area contributed by atoms with Crippen molar-refractivity contribution in [2.75, 3.05) is 25.1 Å².